The molecule has 1 saturated heterocycles. The lowest BCUT2D eigenvalue weighted by atomic mass is 10.1. The van der Waals surface area contributed by atoms with Crippen molar-refractivity contribution in [1.82, 2.24) is 25.5 Å². The monoisotopic (exact) mass is 405 g/mol. The van der Waals surface area contributed by atoms with E-state index in [4.69, 9.17) is 0 Å². The zero-order chi connectivity index (χ0) is 20.8. The molecule has 154 valence electrons. The van der Waals surface area contributed by atoms with Gasteiger partial charge in [0.05, 0.1) is 11.9 Å². The summed E-state index contributed by atoms with van der Waals surface area (Å²) in [6.45, 7) is 1.76. The third-order valence-electron chi connectivity index (χ3n) is 4.95. The van der Waals surface area contributed by atoms with E-state index in [0.29, 0.717) is 17.2 Å². The highest BCUT2D eigenvalue weighted by Crippen LogP contribution is 2.18. The highest BCUT2D eigenvalue weighted by Gasteiger charge is 2.25. The van der Waals surface area contributed by atoms with E-state index in [1.54, 1.807) is 30.6 Å². The van der Waals surface area contributed by atoms with Crippen molar-refractivity contribution in [3.05, 3.63) is 66.2 Å². The maximum Gasteiger partial charge on any atom is 0.270 e. The Balaban J connectivity index is 1.53. The van der Waals surface area contributed by atoms with Crippen LogP contribution in [0.5, 0.6) is 0 Å². The number of H-pyrrole nitrogens is 1. The maximum atomic E-state index is 13.0. The topological polar surface area (TPSA) is 116 Å². The second-order valence-corrected chi connectivity index (χ2v) is 7.08. The predicted molar refractivity (Wildman–Crippen MR) is 112 cm³/mol. The zero-order valence-electron chi connectivity index (χ0n) is 16.4. The van der Waals surface area contributed by atoms with E-state index in [9.17, 15) is 9.59 Å². The van der Waals surface area contributed by atoms with E-state index in [0.717, 1.165) is 25.9 Å². The van der Waals surface area contributed by atoms with Crippen molar-refractivity contribution in [2.24, 2.45) is 0 Å². The first-order valence-corrected chi connectivity index (χ1v) is 9.94. The van der Waals surface area contributed by atoms with Crippen molar-refractivity contribution >= 4 is 23.5 Å². The van der Waals surface area contributed by atoms with Gasteiger partial charge < -0.3 is 15.5 Å². The fraction of sp³-hybridized carbons (Fsp3) is 0.286. The maximum absolute atomic E-state index is 13.0. The third kappa shape index (κ3) is 4.62. The van der Waals surface area contributed by atoms with Crippen LogP contribution in [0.1, 0.15) is 41.4 Å². The quantitative estimate of drug-likeness (QED) is 0.580. The molecule has 1 aliphatic heterocycles. The molecule has 0 aliphatic carbocycles. The average molecular weight is 405 g/mol. The van der Waals surface area contributed by atoms with Crippen LogP contribution in [0.25, 0.3) is 0 Å². The summed E-state index contributed by atoms with van der Waals surface area (Å²) >= 11 is 0. The lowest BCUT2D eigenvalue weighted by Crippen LogP contribution is -2.37. The molecule has 0 radical (unpaired) electrons. The molecule has 0 saturated carbocycles. The number of nitrogens with one attached hydrogen (secondary N) is 3. The minimum Gasteiger partial charge on any atom is -0.341 e. The van der Waals surface area contributed by atoms with Gasteiger partial charge in [-0.15, -0.1) is 0 Å². The van der Waals surface area contributed by atoms with Gasteiger partial charge in [-0.1, -0.05) is 30.3 Å². The normalized spacial score (nSPS) is 14.7. The Kier molecular flexibility index (Phi) is 5.98. The molecular weight excluding hydrogens is 382 g/mol. The van der Waals surface area contributed by atoms with E-state index in [1.807, 2.05) is 18.2 Å². The van der Waals surface area contributed by atoms with Gasteiger partial charge in [-0.05, 0) is 30.9 Å². The summed E-state index contributed by atoms with van der Waals surface area (Å²) in [5.74, 6) is -0.269. The molecule has 0 bridgehead atoms. The van der Waals surface area contributed by atoms with Crippen molar-refractivity contribution in [3.8, 4) is 0 Å². The van der Waals surface area contributed by atoms with Gasteiger partial charge in [0.1, 0.15) is 11.7 Å². The molecule has 9 heteroatoms. The van der Waals surface area contributed by atoms with Crippen LogP contribution in [0.15, 0.2) is 55.0 Å². The fourth-order valence-corrected chi connectivity index (χ4v) is 3.41. The van der Waals surface area contributed by atoms with Crippen LogP contribution < -0.4 is 15.5 Å². The summed E-state index contributed by atoms with van der Waals surface area (Å²) in [4.78, 5) is 36.7. The van der Waals surface area contributed by atoms with Crippen molar-refractivity contribution in [2.75, 3.05) is 23.3 Å². The van der Waals surface area contributed by atoms with Gasteiger partial charge in [-0.2, -0.15) is 5.10 Å². The fourth-order valence-electron chi connectivity index (χ4n) is 3.41. The van der Waals surface area contributed by atoms with Crippen LogP contribution in [0.4, 0.5) is 11.6 Å². The van der Waals surface area contributed by atoms with Crippen molar-refractivity contribution < 1.29 is 9.59 Å². The lowest BCUT2D eigenvalue weighted by molar-refractivity contribution is -0.118. The van der Waals surface area contributed by atoms with Crippen molar-refractivity contribution in [3.63, 3.8) is 0 Å². The van der Waals surface area contributed by atoms with Crippen molar-refractivity contribution in [1.29, 1.82) is 0 Å². The van der Waals surface area contributed by atoms with E-state index in [2.05, 4.69) is 35.7 Å². The van der Waals surface area contributed by atoms with E-state index >= 15 is 0 Å². The number of amides is 2. The number of hydrogen-bond acceptors (Lipinski definition) is 6. The number of aromatic amines is 1. The molecule has 1 atom stereocenters. The van der Waals surface area contributed by atoms with Gasteiger partial charge in [-0.3, -0.25) is 14.7 Å². The van der Waals surface area contributed by atoms with E-state index in [-0.39, 0.29) is 11.6 Å². The minimum atomic E-state index is -0.887. The Bertz CT molecular complexity index is 986. The number of carbonyl (C=O) groups is 2. The molecule has 1 aromatic carbocycles. The highest BCUT2D eigenvalue weighted by atomic mass is 16.2. The molecule has 4 rings (SSSR count). The molecule has 3 aromatic rings. The molecule has 9 nitrogen and oxygen atoms in total. The van der Waals surface area contributed by atoms with Crippen LogP contribution in [0.2, 0.25) is 0 Å². The molecule has 30 heavy (non-hydrogen) atoms. The first kappa shape index (κ1) is 19.6. The second-order valence-electron chi connectivity index (χ2n) is 7.08. The Labute approximate surface area is 173 Å². The number of carbonyl (C=O) groups excluding carboxylic acids is 2. The summed E-state index contributed by atoms with van der Waals surface area (Å²) in [5, 5.41) is 12.0. The zero-order valence-corrected chi connectivity index (χ0v) is 16.4. The van der Waals surface area contributed by atoms with Gasteiger partial charge >= 0.3 is 0 Å². The number of nitrogens with zero attached hydrogens (tertiary/aromatic N) is 4. The minimum absolute atomic E-state index is 0.225. The van der Waals surface area contributed by atoms with Crippen LogP contribution in [0, 0.1) is 0 Å². The predicted octanol–water partition coefficient (Wildman–Crippen LogP) is 2.30. The lowest BCUT2D eigenvalue weighted by Gasteiger charge is -2.26. The number of anilines is 2. The van der Waals surface area contributed by atoms with Crippen LogP contribution in [0.3, 0.4) is 0 Å². The number of aromatic nitrogens is 4. The Morgan fingerprint density at radius 1 is 1.07 bits per heavy atom. The number of hydrogen-bond donors (Lipinski definition) is 3. The van der Waals surface area contributed by atoms with Gasteiger partial charge in [0, 0.05) is 25.5 Å². The summed E-state index contributed by atoms with van der Waals surface area (Å²) in [6.07, 6.45) is 8.01. The molecule has 3 N–H and O–H groups in total. The SMILES string of the molecule is O=C(NC(C(=O)Nc1cn[nH]c1)c1ccccc1)c1ccnc(N2CCCCC2)n1. The standard InChI is InChI=1S/C21H23N7O2/c29-19(17-9-10-22-21(26-17)28-11-5-2-6-12-28)27-18(15-7-3-1-4-8-15)20(30)25-16-13-23-24-14-16/h1,3-4,7-10,13-14,18H,2,5-6,11-12H2,(H,23,24)(H,25,30)(H,27,29). The molecule has 0 spiro atoms. The molecule has 1 aliphatic rings. The molecular formula is C21H23N7O2. The molecule has 1 fully saturated rings. The Hall–Kier alpha value is -3.75. The number of rotatable bonds is 6. The Morgan fingerprint density at radius 2 is 1.87 bits per heavy atom. The van der Waals surface area contributed by atoms with Gasteiger partial charge in [-0.25, -0.2) is 9.97 Å². The number of benzene rings is 1. The molecule has 1 unspecified atom stereocenters. The molecule has 2 amide bonds. The van der Waals surface area contributed by atoms with Gasteiger partial charge in [0.2, 0.25) is 5.95 Å². The van der Waals surface area contributed by atoms with Gasteiger partial charge in [0.15, 0.2) is 0 Å². The summed E-state index contributed by atoms with van der Waals surface area (Å²) in [7, 11) is 0. The van der Waals surface area contributed by atoms with Gasteiger partial charge in [0.25, 0.3) is 11.8 Å². The first-order chi connectivity index (χ1) is 14.7. The molecule has 3 heterocycles. The Morgan fingerprint density at radius 3 is 2.60 bits per heavy atom. The van der Waals surface area contributed by atoms with Crippen LogP contribution >= 0.6 is 0 Å². The summed E-state index contributed by atoms with van der Waals surface area (Å²) < 4.78 is 0. The smallest absolute Gasteiger partial charge is 0.270 e. The van der Waals surface area contributed by atoms with Crippen LogP contribution in [-0.2, 0) is 4.79 Å². The van der Waals surface area contributed by atoms with E-state index in [1.165, 1.54) is 12.6 Å². The highest BCUT2D eigenvalue weighted by molar-refractivity contribution is 6.00. The molecule has 2 aromatic heterocycles. The largest absolute Gasteiger partial charge is 0.341 e. The second kappa shape index (κ2) is 9.17. The van der Waals surface area contributed by atoms with E-state index < -0.39 is 11.9 Å². The third-order valence-corrected chi connectivity index (χ3v) is 4.95. The summed E-state index contributed by atoms with van der Waals surface area (Å²) in [6, 6.07) is 9.74. The summed E-state index contributed by atoms with van der Waals surface area (Å²) in [5.41, 5.74) is 1.41. The number of piperidine rings is 1. The van der Waals surface area contributed by atoms with Crippen LogP contribution in [-0.4, -0.2) is 45.1 Å². The average Bonchev–Trinajstić information content (AvgIpc) is 3.31. The first-order valence-electron chi connectivity index (χ1n) is 9.94. The van der Waals surface area contributed by atoms with Crippen molar-refractivity contribution in [2.45, 2.75) is 25.3 Å².